The number of carbonyl (C=O) groups is 2. The lowest BCUT2D eigenvalue weighted by Gasteiger charge is -2.30. The molecule has 2 aliphatic heterocycles. The first-order valence-corrected chi connectivity index (χ1v) is 13.5. The van der Waals surface area contributed by atoms with Crippen molar-refractivity contribution in [2.75, 3.05) is 17.7 Å². The number of hydrogen-bond donors (Lipinski definition) is 3. The van der Waals surface area contributed by atoms with Crippen LogP contribution in [-0.2, 0) is 23.8 Å². The van der Waals surface area contributed by atoms with Crippen LogP contribution in [-0.4, -0.2) is 57.4 Å². The summed E-state index contributed by atoms with van der Waals surface area (Å²) in [5, 5.41) is 15.6. The van der Waals surface area contributed by atoms with Crippen LogP contribution in [0.4, 0.5) is 17.3 Å². The van der Waals surface area contributed by atoms with E-state index in [1.165, 1.54) is 19.3 Å². The van der Waals surface area contributed by atoms with Crippen molar-refractivity contribution >= 4 is 46.4 Å². The van der Waals surface area contributed by atoms with Crippen LogP contribution in [0.5, 0.6) is 0 Å². The van der Waals surface area contributed by atoms with Crippen molar-refractivity contribution in [3.05, 3.63) is 22.6 Å². The van der Waals surface area contributed by atoms with Gasteiger partial charge in [0.25, 0.3) is 5.56 Å². The molecule has 12 heteroatoms. The summed E-state index contributed by atoms with van der Waals surface area (Å²) in [6.07, 6.45) is 5.40. The SMILES string of the molecule is CCCCCC(=O)OC[C@H]1O[C@@H](n2cc3c(N)cc(=O)nc4c3c2N=CN4)[C@](C)(O)[C@@H]1OC(=O)CCCCC. The van der Waals surface area contributed by atoms with Crippen LogP contribution in [0.2, 0.25) is 0 Å². The van der Waals surface area contributed by atoms with Crippen molar-refractivity contribution in [2.24, 2.45) is 4.99 Å². The number of ether oxygens (including phenoxy) is 3. The van der Waals surface area contributed by atoms with Crippen LogP contribution in [0.25, 0.3) is 10.8 Å². The lowest BCUT2D eigenvalue weighted by molar-refractivity contribution is -0.165. The number of nitrogens with zero attached hydrogens (tertiary/aromatic N) is 3. The van der Waals surface area contributed by atoms with Gasteiger partial charge in [-0.1, -0.05) is 39.5 Å². The van der Waals surface area contributed by atoms with E-state index in [0.29, 0.717) is 29.4 Å². The highest BCUT2D eigenvalue weighted by Gasteiger charge is 2.57. The van der Waals surface area contributed by atoms with Crippen LogP contribution >= 0.6 is 0 Å². The predicted octanol–water partition coefficient (Wildman–Crippen LogP) is 3.33. The molecule has 4 N–H and O–H groups in total. The second kappa shape index (κ2) is 12.1. The van der Waals surface area contributed by atoms with Gasteiger partial charge in [0.05, 0.1) is 11.7 Å². The van der Waals surface area contributed by atoms with Gasteiger partial charge in [0, 0.05) is 36.2 Å². The Kier molecular flexibility index (Phi) is 8.86. The number of carbonyl (C=O) groups excluding carboxylic acids is 2. The summed E-state index contributed by atoms with van der Waals surface area (Å²) in [5.74, 6) is -0.233. The van der Waals surface area contributed by atoms with Crippen molar-refractivity contribution < 1.29 is 28.9 Å². The summed E-state index contributed by atoms with van der Waals surface area (Å²) < 4.78 is 19.1. The van der Waals surface area contributed by atoms with E-state index < -0.39 is 35.6 Å². The van der Waals surface area contributed by atoms with E-state index >= 15 is 0 Å². The first-order valence-electron chi connectivity index (χ1n) is 13.5. The number of esters is 2. The van der Waals surface area contributed by atoms with E-state index in [1.807, 2.05) is 13.8 Å². The van der Waals surface area contributed by atoms with Gasteiger partial charge in [-0.25, -0.2) is 4.99 Å². The Morgan fingerprint density at radius 2 is 1.87 bits per heavy atom. The third kappa shape index (κ3) is 6.06. The molecule has 0 spiro atoms. The number of nitrogens with two attached hydrogens (primary N) is 1. The lowest BCUT2D eigenvalue weighted by atomic mass is 9.96. The summed E-state index contributed by atoms with van der Waals surface area (Å²) in [4.78, 5) is 45.6. The molecule has 4 atom stereocenters. The topological polar surface area (TPSA) is 167 Å². The number of nitrogen functional groups attached to an aromatic ring is 1. The zero-order chi connectivity index (χ0) is 28.2. The van der Waals surface area contributed by atoms with Gasteiger partial charge in [-0.05, 0) is 19.8 Å². The molecular weight excluding hydrogens is 506 g/mol. The first-order chi connectivity index (χ1) is 18.7. The minimum atomic E-state index is -1.74. The number of aromatic nitrogens is 2. The molecule has 0 aliphatic carbocycles. The molecule has 1 saturated heterocycles. The molecule has 4 heterocycles. The maximum atomic E-state index is 12.7. The minimum Gasteiger partial charge on any atom is -0.463 e. The summed E-state index contributed by atoms with van der Waals surface area (Å²) in [5.41, 5.74) is 4.11. The van der Waals surface area contributed by atoms with Crippen molar-refractivity contribution in [1.82, 2.24) is 9.55 Å². The fourth-order valence-electron chi connectivity index (χ4n) is 4.99. The molecule has 0 bridgehead atoms. The molecule has 2 aromatic rings. The second-order valence-corrected chi connectivity index (χ2v) is 10.2. The van der Waals surface area contributed by atoms with Crippen LogP contribution < -0.4 is 16.6 Å². The Balaban J connectivity index is 1.66. The number of unbranched alkanes of at least 4 members (excludes halogenated alkanes) is 4. The van der Waals surface area contributed by atoms with E-state index in [1.54, 1.807) is 10.8 Å². The molecule has 1 fully saturated rings. The lowest BCUT2D eigenvalue weighted by Crippen LogP contribution is -2.47. The van der Waals surface area contributed by atoms with Gasteiger partial charge in [0.15, 0.2) is 12.3 Å². The third-order valence-corrected chi connectivity index (χ3v) is 7.05. The molecule has 0 aromatic carbocycles. The van der Waals surface area contributed by atoms with Crippen molar-refractivity contribution in [1.29, 1.82) is 0 Å². The number of aliphatic imine (C=N–C) groups is 1. The molecule has 12 nitrogen and oxygen atoms in total. The van der Waals surface area contributed by atoms with Crippen LogP contribution in [0.15, 0.2) is 22.1 Å². The molecule has 2 aromatic heterocycles. The van der Waals surface area contributed by atoms with Crippen LogP contribution in [0, 0.1) is 0 Å². The standard InChI is InChI=1S/C27H37N5O7/c1-4-6-8-10-20(34)37-14-18-23(39-21(35)11-9-7-5-2)27(3,36)26(38-18)32-13-16-17(28)12-19(33)31-24-22(16)25(32)30-15-29-24/h12-13,15,18,23,26,36H,4-11,14,28H2,1-3H3,(H,29,30,31,33)/t18-,23-,26-,27-/m1/s1. The number of nitrogens with one attached hydrogen (secondary N) is 1. The molecule has 39 heavy (non-hydrogen) atoms. The Labute approximate surface area is 226 Å². The highest BCUT2D eigenvalue weighted by atomic mass is 16.6. The highest BCUT2D eigenvalue weighted by Crippen LogP contribution is 2.46. The van der Waals surface area contributed by atoms with Crippen molar-refractivity contribution in [2.45, 2.75) is 96.2 Å². The van der Waals surface area contributed by atoms with Gasteiger partial charge in [0.2, 0.25) is 0 Å². The van der Waals surface area contributed by atoms with Gasteiger partial charge < -0.3 is 34.9 Å². The van der Waals surface area contributed by atoms with Crippen molar-refractivity contribution in [3.8, 4) is 0 Å². The Hall–Kier alpha value is -3.51. The quantitative estimate of drug-likeness (QED) is 0.267. The third-order valence-electron chi connectivity index (χ3n) is 7.05. The fraction of sp³-hybridized carbons (Fsp3) is 0.593. The zero-order valence-corrected chi connectivity index (χ0v) is 22.6. The van der Waals surface area contributed by atoms with Crippen LogP contribution in [0.1, 0.15) is 78.4 Å². The Morgan fingerprint density at radius 3 is 2.56 bits per heavy atom. The fourth-order valence-corrected chi connectivity index (χ4v) is 4.99. The van der Waals surface area contributed by atoms with Gasteiger partial charge >= 0.3 is 11.9 Å². The van der Waals surface area contributed by atoms with Gasteiger partial charge in [0.1, 0.15) is 29.9 Å². The molecule has 0 radical (unpaired) electrons. The predicted molar refractivity (Wildman–Crippen MR) is 146 cm³/mol. The van der Waals surface area contributed by atoms with Crippen LogP contribution in [0.3, 0.4) is 0 Å². The Bertz CT molecular complexity index is 1310. The normalized spacial score (nSPS) is 23.5. The largest absolute Gasteiger partial charge is 0.463 e. The number of rotatable bonds is 12. The monoisotopic (exact) mass is 543 g/mol. The Morgan fingerprint density at radius 1 is 1.18 bits per heavy atom. The van der Waals surface area contributed by atoms with Gasteiger partial charge in [-0.15, -0.1) is 0 Å². The van der Waals surface area contributed by atoms with E-state index in [0.717, 1.165) is 25.7 Å². The average Bonchev–Trinajstić information content (AvgIpc) is 3.34. The summed E-state index contributed by atoms with van der Waals surface area (Å²) in [6, 6.07) is 1.21. The van der Waals surface area contributed by atoms with Crippen molar-refractivity contribution in [3.63, 3.8) is 0 Å². The van der Waals surface area contributed by atoms with E-state index in [9.17, 15) is 19.5 Å². The number of aliphatic hydroxyl groups is 1. The molecule has 0 saturated carbocycles. The second-order valence-electron chi connectivity index (χ2n) is 10.2. The summed E-state index contributed by atoms with van der Waals surface area (Å²) in [7, 11) is 0. The summed E-state index contributed by atoms with van der Waals surface area (Å²) in [6.45, 7) is 5.39. The zero-order valence-electron chi connectivity index (χ0n) is 22.6. The molecule has 4 rings (SSSR count). The number of anilines is 2. The molecule has 2 aliphatic rings. The molecule has 212 valence electrons. The maximum Gasteiger partial charge on any atom is 0.306 e. The van der Waals surface area contributed by atoms with E-state index in [-0.39, 0.29) is 36.9 Å². The highest BCUT2D eigenvalue weighted by molar-refractivity contribution is 6.10. The minimum absolute atomic E-state index is 0.182. The van der Waals surface area contributed by atoms with E-state index in [2.05, 4.69) is 15.3 Å². The van der Waals surface area contributed by atoms with E-state index in [4.69, 9.17) is 19.9 Å². The average molecular weight is 544 g/mol. The van der Waals surface area contributed by atoms with Gasteiger partial charge in [-0.2, -0.15) is 4.98 Å². The number of hydrogen-bond acceptors (Lipinski definition) is 11. The first kappa shape index (κ1) is 28.5. The molecular formula is C27H37N5O7. The van der Waals surface area contributed by atoms with Gasteiger partial charge in [-0.3, -0.25) is 14.4 Å². The maximum absolute atomic E-state index is 12.7. The molecule has 0 amide bonds. The molecule has 0 unspecified atom stereocenters. The smallest absolute Gasteiger partial charge is 0.306 e. The summed E-state index contributed by atoms with van der Waals surface area (Å²) >= 11 is 0.